The lowest BCUT2D eigenvalue weighted by Gasteiger charge is -2.09. The quantitative estimate of drug-likeness (QED) is 0.516. The topological polar surface area (TPSA) is 52.1 Å². The van der Waals surface area contributed by atoms with Gasteiger partial charge in [0.2, 0.25) is 0 Å². The molecule has 4 nitrogen and oxygen atoms in total. The number of thioether (sulfide) groups is 1. The Balaban J connectivity index is 1.98. The molecule has 0 bridgehead atoms. The molecule has 0 atom stereocenters. The number of carbonyl (C=O) groups is 1. The molecule has 0 spiro atoms. The molecule has 0 N–H and O–H groups in total. The number of aromatic nitrogens is 2. The van der Waals surface area contributed by atoms with Gasteiger partial charge in [0, 0.05) is 16.3 Å². The number of hydrogen-bond acceptors (Lipinski definition) is 5. The number of benzene rings is 2. The molecule has 0 aliphatic heterocycles. The lowest BCUT2D eigenvalue weighted by molar-refractivity contribution is -0.139. The maximum absolute atomic E-state index is 13.1. The first-order valence-electron chi connectivity index (χ1n) is 7.49. The fraction of sp³-hybridized carbons (Fsp3) is 0.167. The second kappa shape index (κ2) is 7.40. The summed E-state index contributed by atoms with van der Waals surface area (Å²) in [7, 11) is 0. The van der Waals surface area contributed by atoms with E-state index in [1.807, 2.05) is 24.3 Å². The van der Waals surface area contributed by atoms with Crippen LogP contribution in [0.15, 0.2) is 53.6 Å². The van der Waals surface area contributed by atoms with Crippen LogP contribution in [0.1, 0.15) is 6.92 Å². The summed E-state index contributed by atoms with van der Waals surface area (Å²) in [5, 5.41) is 11.0. The zero-order chi connectivity index (χ0) is 16.9. The Hall–Kier alpha value is -2.47. The highest BCUT2D eigenvalue weighted by atomic mass is 32.2. The summed E-state index contributed by atoms with van der Waals surface area (Å²) in [6, 6.07) is 13.9. The summed E-state index contributed by atoms with van der Waals surface area (Å²) in [6.07, 6.45) is 0. The third-order valence-corrected chi connectivity index (χ3v) is 4.36. The van der Waals surface area contributed by atoms with Gasteiger partial charge in [-0.05, 0) is 31.2 Å². The van der Waals surface area contributed by atoms with Crippen molar-refractivity contribution in [2.75, 3.05) is 12.4 Å². The van der Waals surface area contributed by atoms with Crippen LogP contribution in [0, 0.1) is 5.82 Å². The molecule has 2 aromatic carbocycles. The van der Waals surface area contributed by atoms with Crippen molar-refractivity contribution in [1.29, 1.82) is 0 Å². The number of carbonyl (C=O) groups excluding carboxylic acids is 1. The largest absolute Gasteiger partial charge is 0.465 e. The van der Waals surface area contributed by atoms with Gasteiger partial charge in [0.15, 0.2) is 0 Å². The first kappa shape index (κ1) is 16.4. The maximum Gasteiger partial charge on any atom is 0.316 e. The Bertz CT molecular complexity index is 869. The fourth-order valence-electron chi connectivity index (χ4n) is 2.34. The van der Waals surface area contributed by atoms with E-state index in [1.54, 1.807) is 19.1 Å². The van der Waals surface area contributed by atoms with Crippen molar-refractivity contribution < 1.29 is 13.9 Å². The molecule has 3 aromatic rings. The van der Waals surface area contributed by atoms with Crippen molar-refractivity contribution in [1.82, 2.24) is 10.2 Å². The molecule has 1 aromatic heterocycles. The molecule has 0 saturated heterocycles. The molecule has 0 fully saturated rings. The van der Waals surface area contributed by atoms with Crippen LogP contribution in [0.3, 0.4) is 0 Å². The normalized spacial score (nSPS) is 10.8. The van der Waals surface area contributed by atoms with Crippen LogP contribution in [-0.2, 0) is 9.53 Å². The van der Waals surface area contributed by atoms with Gasteiger partial charge in [0.1, 0.15) is 16.5 Å². The number of esters is 1. The molecule has 0 amide bonds. The van der Waals surface area contributed by atoms with Crippen LogP contribution in [0.25, 0.3) is 22.0 Å². The number of hydrogen-bond donors (Lipinski definition) is 0. The number of nitrogens with zero attached hydrogens (tertiary/aromatic N) is 2. The molecule has 0 aliphatic rings. The number of fused-ring (bicyclic) bond motifs is 1. The minimum Gasteiger partial charge on any atom is -0.465 e. The Morgan fingerprint density at radius 2 is 1.79 bits per heavy atom. The zero-order valence-corrected chi connectivity index (χ0v) is 13.8. The summed E-state index contributed by atoms with van der Waals surface area (Å²) in [5.41, 5.74) is 1.48. The summed E-state index contributed by atoms with van der Waals surface area (Å²) in [6.45, 7) is 2.13. The highest BCUT2D eigenvalue weighted by Crippen LogP contribution is 2.31. The van der Waals surface area contributed by atoms with E-state index >= 15 is 0 Å². The van der Waals surface area contributed by atoms with E-state index in [2.05, 4.69) is 10.2 Å². The predicted molar refractivity (Wildman–Crippen MR) is 92.3 cm³/mol. The third kappa shape index (κ3) is 3.54. The van der Waals surface area contributed by atoms with Crippen LogP contribution >= 0.6 is 11.8 Å². The average molecular weight is 342 g/mol. The van der Waals surface area contributed by atoms with Gasteiger partial charge in [0.05, 0.1) is 12.4 Å². The predicted octanol–water partition coefficient (Wildman–Crippen LogP) is 4.09. The minimum absolute atomic E-state index is 0.183. The van der Waals surface area contributed by atoms with Crippen molar-refractivity contribution in [3.8, 4) is 11.3 Å². The molecular formula is C18H15FN2O2S. The Morgan fingerprint density at radius 3 is 2.50 bits per heavy atom. The van der Waals surface area contributed by atoms with Crippen LogP contribution in [-0.4, -0.2) is 28.5 Å². The third-order valence-electron chi connectivity index (χ3n) is 3.40. The number of ether oxygens (including phenoxy) is 1. The van der Waals surface area contributed by atoms with Gasteiger partial charge in [-0.25, -0.2) is 4.39 Å². The molecular weight excluding hydrogens is 327 g/mol. The van der Waals surface area contributed by atoms with Crippen molar-refractivity contribution in [2.45, 2.75) is 11.9 Å². The van der Waals surface area contributed by atoms with Crippen molar-refractivity contribution in [2.24, 2.45) is 0 Å². The average Bonchev–Trinajstić information content (AvgIpc) is 2.61. The Kier molecular flexibility index (Phi) is 5.05. The molecule has 3 rings (SSSR count). The van der Waals surface area contributed by atoms with Gasteiger partial charge in [-0.2, -0.15) is 0 Å². The van der Waals surface area contributed by atoms with Gasteiger partial charge < -0.3 is 4.74 Å². The van der Waals surface area contributed by atoms with Crippen LogP contribution in [0.2, 0.25) is 0 Å². The van der Waals surface area contributed by atoms with Gasteiger partial charge in [-0.15, -0.1) is 10.2 Å². The van der Waals surface area contributed by atoms with E-state index in [1.165, 1.54) is 23.9 Å². The van der Waals surface area contributed by atoms with E-state index in [0.717, 1.165) is 16.3 Å². The molecule has 6 heteroatoms. The van der Waals surface area contributed by atoms with E-state index in [4.69, 9.17) is 4.74 Å². The maximum atomic E-state index is 13.1. The number of rotatable bonds is 5. The monoisotopic (exact) mass is 342 g/mol. The van der Waals surface area contributed by atoms with Crippen LogP contribution in [0.4, 0.5) is 4.39 Å². The van der Waals surface area contributed by atoms with Crippen LogP contribution < -0.4 is 0 Å². The Labute approximate surface area is 143 Å². The summed E-state index contributed by atoms with van der Waals surface area (Å²) in [4.78, 5) is 11.5. The standard InChI is InChI=1S/C18H15FN2O2S/c1-2-23-16(22)11-24-18-15-6-4-3-5-14(15)17(20-21-18)12-7-9-13(19)10-8-12/h3-10H,2,11H2,1H3. The van der Waals surface area contributed by atoms with Gasteiger partial charge in [-0.1, -0.05) is 36.0 Å². The van der Waals surface area contributed by atoms with E-state index < -0.39 is 0 Å². The SMILES string of the molecule is CCOC(=O)CSc1nnc(-c2ccc(F)cc2)c2ccccc12. The molecule has 0 saturated carbocycles. The lowest BCUT2D eigenvalue weighted by atomic mass is 10.1. The second-order valence-electron chi connectivity index (χ2n) is 5.00. The first-order chi connectivity index (χ1) is 11.7. The van der Waals surface area contributed by atoms with Gasteiger partial charge in [-0.3, -0.25) is 4.79 Å². The molecule has 0 unspecified atom stereocenters. The first-order valence-corrected chi connectivity index (χ1v) is 8.47. The molecule has 122 valence electrons. The summed E-state index contributed by atoms with van der Waals surface area (Å²) in [5.74, 6) is -0.392. The fourth-order valence-corrected chi connectivity index (χ4v) is 3.11. The van der Waals surface area contributed by atoms with Crippen molar-refractivity contribution in [3.05, 3.63) is 54.3 Å². The molecule has 24 heavy (non-hydrogen) atoms. The van der Waals surface area contributed by atoms with Gasteiger partial charge >= 0.3 is 5.97 Å². The highest BCUT2D eigenvalue weighted by Gasteiger charge is 2.13. The summed E-state index contributed by atoms with van der Waals surface area (Å²) < 4.78 is 18.1. The number of halogens is 1. The lowest BCUT2D eigenvalue weighted by Crippen LogP contribution is -2.07. The van der Waals surface area contributed by atoms with Crippen LogP contribution in [0.5, 0.6) is 0 Å². The van der Waals surface area contributed by atoms with E-state index in [-0.39, 0.29) is 17.5 Å². The molecule has 0 radical (unpaired) electrons. The van der Waals surface area contributed by atoms with Crippen molar-refractivity contribution >= 4 is 28.5 Å². The summed E-state index contributed by atoms with van der Waals surface area (Å²) >= 11 is 1.30. The molecule has 0 aliphatic carbocycles. The van der Waals surface area contributed by atoms with Gasteiger partial charge in [0.25, 0.3) is 0 Å². The second-order valence-corrected chi connectivity index (χ2v) is 5.96. The zero-order valence-electron chi connectivity index (χ0n) is 13.0. The highest BCUT2D eigenvalue weighted by molar-refractivity contribution is 8.00. The van der Waals surface area contributed by atoms with E-state index in [9.17, 15) is 9.18 Å². The minimum atomic E-state index is -0.294. The van der Waals surface area contributed by atoms with E-state index in [0.29, 0.717) is 17.3 Å². The smallest absolute Gasteiger partial charge is 0.316 e. The molecule has 1 heterocycles. The Morgan fingerprint density at radius 1 is 1.08 bits per heavy atom. The van der Waals surface area contributed by atoms with Crippen molar-refractivity contribution in [3.63, 3.8) is 0 Å².